The average molecular weight is 698 g/mol. The van der Waals surface area contributed by atoms with Crippen molar-refractivity contribution in [3.8, 4) is 11.5 Å². The number of allylic oxidation sites excluding steroid dienone is 1. The van der Waals surface area contributed by atoms with E-state index in [1.165, 1.54) is 17.5 Å². The lowest BCUT2D eigenvalue weighted by atomic mass is 9.64. The summed E-state index contributed by atoms with van der Waals surface area (Å²) in [5, 5.41) is -0.997. The van der Waals surface area contributed by atoms with E-state index < -0.39 is 87.3 Å². The smallest absolute Gasteiger partial charge is 0.416 e. The van der Waals surface area contributed by atoms with Crippen LogP contribution in [-0.4, -0.2) is 46.1 Å². The predicted octanol–water partition coefficient (Wildman–Crippen LogP) is 6.63. The average Bonchev–Trinajstić information content (AvgIpc) is 3.04. The molecule has 0 aromatic heterocycles. The molecule has 3 aromatic rings. The Hall–Kier alpha value is -3.49. The van der Waals surface area contributed by atoms with Crippen molar-refractivity contribution in [2.24, 2.45) is 11.8 Å². The maximum Gasteiger partial charge on any atom is 0.416 e. The molecule has 0 N–H and O–H groups in total. The van der Waals surface area contributed by atoms with Crippen molar-refractivity contribution in [1.29, 1.82) is 0 Å². The monoisotopic (exact) mass is 697 g/mol. The van der Waals surface area contributed by atoms with Crippen LogP contribution < -0.4 is 9.47 Å². The minimum Gasteiger partial charge on any atom is -0.497 e. The number of methoxy groups -OCH3 is 1. The molecule has 2 heterocycles. The molecule has 2 aliphatic heterocycles. The number of sulfonamides is 1. The highest BCUT2D eigenvalue weighted by Gasteiger charge is 2.65. The van der Waals surface area contributed by atoms with Crippen LogP contribution in [0.1, 0.15) is 42.4 Å². The number of hydrogen-bond donors (Lipinski definition) is 0. The van der Waals surface area contributed by atoms with Crippen molar-refractivity contribution >= 4 is 19.9 Å². The molecule has 14 heteroatoms. The molecule has 3 aromatic carbocycles. The number of fused-ring (bicyclic) bond motifs is 5. The van der Waals surface area contributed by atoms with E-state index in [-0.39, 0.29) is 38.8 Å². The first-order valence-corrected chi connectivity index (χ1v) is 17.9. The van der Waals surface area contributed by atoms with Crippen molar-refractivity contribution in [1.82, 2.24) is 4.31 Å². The van der Waals surface area contributed by atoms with Crippen LogP contribution >= 0.6 is 0 Å². The quantitative estimate of drug-likeness (QED) is 0.204. The zero-order valence-electron chi connectivity index (χ0n) is 25.2. The Labute approximate surface area is 270 Å². The number of sulfone groups is 1. The van der Waals surface area contributed by atoms with Crippen molar-refractivity contribution in [2.75, 3.05) is 13.7 Å². The second kappa shape index (κ2) is 11.9. The third-order valence-corrected chi connectivity index (χ3v) is 14.7. The van der Waals surface area contributed by atoms with E-state index in [4.69, 9.17) is 9.47 Å². The molecule has 1 saturated heterocycles. The fraction of sp³-hybridized carbons (Fsp3) is 0.394. The Kier molecular flexibility index (Phi) is 8.45. The van der Waals surface area contributed by atoms with E-state index in [2.05, 4.69) is 6.58 Å². The summed E-state index contributed by atoms with van der Waals surface area (Å²) in [6.45, 7) is 3.30. The van der Waals surface area contributed by atoms with Crippen molar-refractivity contribution in [3.63, 3.8) is 0 Å². The number of alkyl halides is 3. The van der Waals surface area contributed by atoms with Gasteiger partial charge in [-0.15, -0.1) is 6.58 Å². The zero-order chi connectivity index (χ0) is 33.9. The summed E-state index contributed by atoms with van der Waals surface area (Å²) in [4.78, 5) is -0.494. The first kappa shape index (κ1) is 33.4. The predicted molar refractivity (Wildman–Crippen MR) is 163 cm³/mol. The van der Waals surface area contributed by atoms with Crippen molar-refractivity contribution in [3.05, 3.63) is 102 Å². The third kappa shape index (κ3) is 5.32. The Morgan fingerprint density at radius 3 is 2.32 bits per heavy atom. The maximum absolute atomic E-state index is 15.9. The third-order valence-electron chi connectivity index (χ3n) is 9.86. The van der Waals surface area contributed by atoms with E-state index >= 15 is 8.78 Å². The fourth-order valence-electron chi connectivity index (χ4n) is 7.69. The van der Waals surface area contributed by atoms with Gasteiger partial charge in [0.05, 0.1) is 35.0 Å². The van der Waals surface area contributed by atoms with E-state index in [0.717, 1.165) is 24.3 Å². The maximum atomic E-state index is 15.9. The van der Waals surface area contributed by atoms with E-state index in [1.807, 2.05) is 0 Å². The van der Waals surface area contributed by atoms with Crippen LogP contribution in [0.2, 0.25) is 0 Å². The largest absolute Gasteiger partial charge is 0.497 e. The highest BCUT2D eigenvalue weighted by atomic mass is 32.2. The molecule has 1 unspecified atom stereocenters. The normalized spacial score (nSPS) is 27.1. The van der Waals surface area contributed by atoms with Crippen molar-refractivity contribution < 1.29 is 48.3 Å². The number of benzene rings is 3. The van der Waals surface area contributed by atoms with Gasteiger partial charge in [-0.25, -0.2) is 25.6 Å². The van der Waals surface area contributed by atoms with Gasteiger partial charge in [0, 0.05) is 18.5 Å². The van der Waals surface area contributed by atoms with Crippen LogP contribution in [0.3, 0.4) is 0 Å². The molecule has 0 radical (unpaired) electrons. The van der Waals surface area contributed by atoms with Crippen LogP contribution in [0.25, 0.3) is 0 Å². The topological polar surface area (TPSA) is 90.0 Å². The second-order valence-electron chi connectivity index (χ2n) is 12.2. The molecule has 0 spiro atoms. The highest BCUT2D eigenvalue weighted by Crippen LogP contribution is 2.61. The van der Waals surface area contributed by atoms with Gasteiger partial charge in [-0.1, -0.05) is 18.2 Å². The molecule has 1 aliphatic carbocycles. The first-order chi connectivity index (χ1) is 22.2. The molecular weight excluding hydrogens is 665 g/mol. The van der Waals surface area contributed by atoms with Gasteiger partial charge < -0.3 is 9.47 Å². The summed E-state index contributed by atoms with van der Waals surface area (Å²) in [7, 11) is -7.20. The standard InChI is InChI=1S/C33H32F5NO6S2/c1-3-4-24-17-25-26-19-45-31-28(35)14-13-27(34)30(31)32(26,46(40,41)23-11-7-21(8-12-23)33(36,37)38)16-15-29(25)39(47(24,42)43)18-20-5-9-22(44-2)10-6-20/h3,5-14,24-26,29H,1,4,15-19H2,2H3/t24-,25?,26+,29-,32+/m1/s1. The lowest BCUT2D eigenvalue weighted by Gasteiger charge is -2.57. The number of ether oxygens (including phenoxy) is 2. The SMILES string of the molecule is C=CC[C@@H]1CC2[C@@H](CC[C@@]3(S(=O)(=O)c4ccc(C(F)(F)F)cc4)c4c(F)ccc(F)c4OC[C@@H]23)N(Cc2ccc(OC)cc2)S1(=O)=O. The summed E-state index contributed by atoms with van der Waals surface area (Å²) in [6, 6.07) is 10.6. The summed E-state index contributed by atoms with van der Waals surface area (Å²) < 4.78 is 139. The Bertz CT molecular complexity index is 1900. The molecule has 0 amide bonds. The minimum absolute atomic E-state index is 0.0112. The van der Waals surface area contributed by atoms with Crippen molar-refractivity contribution in [2.45, 2.75) is 59.3 Å². The van der Waals surface area contributed by atoms with Gasteiger partial charge in [0.2, 0.25) is 10.0 Å². The Morgan fingerprint density at radius 1 is 1.04 bits per heavy atom. The van der Waals surface area contributed by atoms with Crippen LogP contribution in [0.4, 0.5) is 22.0 Å². The molecule has 7 nitrogen and oxygen atoms in total. The van der Waals surface area contributed by atoms with Gasteiger partial charge in [0.1, 0.15) is 16.3 Å². The zero-order valence-corrected chi connectivity index (χ0v) is 26.8. The van der Waals surface area contributed by atoms with E-state index in [1.54, 1.807) is 24.3 Å². The van der Waals surface area contributed by atoms with Crippen LogP contribution in [0, 0.1) is 23.5 Å². The lowest BCUT2D eigenvalue weighted by Crippen LogP contribution is -2.64. The van der Waals surface area contributed by atoms with Gasteiger partial charge in [-0.05, 0) is 85.7 Å². The van der Waals surface area contributed by atoms with E-state index in [0.29, 0.717) is 23.4 Å². The lowest BCUT2D eigenvalue weighted by molar-refractivity contribution is -0.137. The first-order valence-electron chi connectivity index (χ1n) is 14.9. The van der Waals surface area contributed by atoms with Gasteiger partial charge in [0.15, 0.2) is 21.4 Å². The van der Waals surface area contributed by atoms with Gasteiger partial charge >= 0.3 is 6.18 Å². The molecule has 1 saturated carbocycles. The van der Waals surface area contributed by atoms with Crippen LogP contribution in [0.15, 0.2) is 78.2 Å². The number of halogens is 5. The minimum atomic E-state index is -4.75. The second-order valence-corrected chi connectivity index (χ2v) is 16.5. The summed E-state index contributed by atoms with van der Waals surface area (Å²) in [5.41, 5.74) is -0.944. The Morgan fingerprint density at radius 2 is 1.70 bits per heavy atom. The molecule has 5 atom stereocenters. The number of nitrogens with zero attached hydrogens (tertiary/aromatic N) is 1. The highest BCUT2D eigenvalue weighted by molar-refractivity contribution is 7.92. The molecule has 6 rings (SSSR count). The molecule has 2 fully saturated rings. The number of rotatable bonds is 7. The summed E-state index contributed by atoms with van der Waals surface area (Å²) >= 11 is 0. The molecular formula is C33H32F5NO6S2. The molecule has 47 heavy (non-hydrogen) atoms. The molecule has 3 aliphatic rings. The number of hydrogen-bond acceptors (Lipinski definition) is 6. The fourth-order valence-corrected chi connectivity index (χ4v) is 12.3. The van der Waals surface area contributed by atoms with Gasteiger partial charge in [-0.2, -0.15) is 17.5 Å². The van der Waals surface area contributed by atoms with Crippen LogP contribution in [-0.2, 0) is 37.3 Å². The van der Waals surface area contributed by atoms with E-state index in [9.17, 15) is 30.0 Å². The van der Waals surface area contributed by atoms with Crippen LogP contribution in [0.5, 0.6) is 11.5 Å². The molecule has 252 valence electrons. The Balaban J connectivity index is 1.52. The van der Waals surface area contributed by atoms with Gasteiger partial charge in [0.25, 0.3) is 0 Å². The van der Waals surface area contributed by atoms with Gasteiger partial charge in [-0.3, -0.25) is 0 Å². The molecule has 0 bridgehead atoms. The summed E-state index contributed by atoms with van der Waals surface area (Å²) in [6.07, 6.45) is -3.61. The summed E-state index contributed by atoms with van der Waals surface area (Å²) in [5.74, 6) is -3.83.